The monoisotopic (exact) mass is 301 g/mol. The molecule has 0 amide bonds. The average molecular weight is 301 g/mol. The van der Waals surface area contributed by atoms with Gasteiger partial charge in [-0.15, -0.1) is 0 Å². The summed E-state index contributed by atoms with van der Waals surface area (Å²) in [6, 6.07) is 3.62. The summed E-state index contributed by atoms with van der Waals surface area (Å²) >= 11 is 0. The van der Waals surface area contributed by atoms with Crippen LogP contribution >= 0.6 is 0 Å². The van der Waals surface area contributed by atoms with Crippen molar-refractivity contribution in [2.45, 2.75) is 33.3 Å². The van der Waals surface area contributed by atoms with Crippen molar-refractivity contribution in [3.8, 4) is 0 Å². The molecule has 0 radical (unpaired) electrons. The van der Waals surface area contributed by atoms with Gasteiger partial charge in [0.1, 0.15) is 29.3 Å². The van der Waals surface area contributed by atoms with Crippen molar-refractivity contribution >= 4 is 11.6 Å². The van der Waals surface area contributed by atoms with Crippen LogP contribution in [0, 0.1) is 20.8 Å². The van der Waals surface area contributed by atoms with Crippen LogP contribution in [0.2, 0.25) is 0 Å². The van der Waals surface area contributed by atoms with Gasteiger partial charge >= 0.3 is 0 Å². The minimum Gasteiger partial charge on any atom is -0.463 e. The predicted molar refractivity (Wildman–Crippen MR) is 81.8 cm³/mol. The summed E-state index contributed by atoms with van der Waals surface area (Å²) in [6.07, 6.45) is 1.46. The van der Waals surface area contributed by atoms with Gasteiger partial charge in [-0.2, -0.15) is 14.6 Å². The molecule has 0 aliphatic heterocycles. The van der Waals surface area contributed by atoms with Gasteiger partial charge in [-0.1, -0.05) is 0 Å². The van der Waals surface area contributed by atoms with Crippen LogP contribution in [0.1, 0.15) is 29.7 Å². The number of hydrogen-bond donors (Lipinski definition) is 2. The third-order valence-electron chi connectivity index (χ3n) is 3.78. The first kappa shape index (κ1) is 14.5. The maximum absolute atomic E-state index is 10.6. The topological polar surface area (TPSA) is 88.5 Å². The highest BCUT2D eigenvalue weighted by Gasteiger charge is 2.27. The fourth-order valence-electron chi connectivity index (χ4n) is 2.31. The smallest absolute Gasteiger partial charge is 0.254 e. The zero-order valence-electron chi connectivity index (χ0n) is 13.1. The molecular formula is C15H19N5O2. The molecule has 7 nitrogen and oxygen atoms in total. The van der Waals surface area contributed by atoms with Gasteiger partial charge in [0.2, 0.25) is 0 Å². The molecule has 0 saturated heterocycles. The van der Waals surface area contributed by atoms with E-state index < -0.39 is 5.60 Å². The van der Waals surface area contributed by atoms with E-state index in [-0.39, 0.29) is 6.54 Å². The number of furan rings is 1. The zero-order valence-corrected chi connectivity index (χ0v) is 13.1. The molecule has 0 aliphatic carbocycles. The van der Waals surface area contributed by atoms with E-state index in [0.717, 1.165) is 22.8 Å². The Hall–Kier alpha value is -2.41. The second kappa shape index (κ2) is 5.10. The summed E-state index contributed by atoms with van der Waals surface area (Å²) in [5.41, 5.74) is 0.700. The molecule has 3 rings (SSSR count). The van der Waals surface area contributed by atoms with Crippen molar-refractivity contribution in [3.05, 3.63) is 41.2 Å². The number of fused-ring (bicyclic) bond motifs is 1. The van der Waals surface area contributed by atoms with Crippen LogP contribution in [0.15, 0.2) is 22.9 Å². The van der Waals surface area contributed by atoms with E-state index in [0.29, 0.717) is 11.5 Å². The van der Waals surface area contributed by atoms with Gasteiger partial charge in [-0.25, -0.2) is 4.98 Å². The number of nitrogens with one attached hydrogen (secondary N) is 1. The van der Waals surface area contributed by atoms with Gasteiger partial charge in [0.25, 0.3) is 5.78 Å². The summed E-state index contributed by atoms with van der Waals surface area (Å²) in [6.45, 7) is 7.71. The van der Waals surface area contributed by atoms with Crippen LogP contribution in [0.3, 0.4) is 0 Å². The Morgan fingerprint density at radius 1 is 1.32 bits per heavy atom. The summed E-state index contributed by atoms with van der Waals surface area (Å²) in [5, 5.41) is 18.0. The van der Waals surface area contributed by atoms with Gasteiger partial charge in [0, 0.05) is 11.3 Å². The van der Waals surface area contributed by atoms with Crippen LogP contribution in [0.5, 0.6) is 0 Å². The highest BCUT2D eigenvalue weighted by atomic mass is 16.4. The standard InChI is InChI=1S/C15H19N5O2/c1-9-5-6-12(22-9)15(4,21)7-16-13-10(2)11(3)19-14-17-8-18-20(13)14/h5-6,8,16,21H,7H2,1-4H3. The lowest BCUT2D eigenvalue weighted by Crippen LogP contribution is -2.31. The highest BCUT2D eigenvalue weighted by Crippen LogP contribution is 2.25. The normalized spacial score (nSPS) is 14.2. The molecule has 0 aromatic carbocycles. The maximum Gasteiger partial charge on any atom is 0.254 e. The Labute approximate surface area is 128 Å². The Morgan fingerprint density at radius 2 is 2.09 bits per heavy atom. The molecule has 7 heteroatoms. The molecule has 1 atom stereocenters. The van der Waals surface area contributed by atoms with Gasteiger partial charge in [0.15, 0.2) is 0 Å². The first-order valence-corrected chi connectivity index (χ1v) is 7.08. The molecule has 0 spiro atoms. The maximum atomic E-state index is 10.6. The van der Waals surface area contributed by atoms with Gasteiger partial charge < -0.3 is 14.8 Å². The molecule has 3 aromatic rings. The van der Waals surface area contributed by atoms with Crippen molar-refractivity contribution in [1.82, 2.24) is 19.6 Å². The van der Waals surface area contributed by atoms with E-state index in [1.165, 1.54) is 6.33 Å². The fourth-order valence-corrected chi connectivity index (χ4v) is 2.31. The highest BCUT2D eigenvalue weighted by molar-refractivity contribution is 5.52. The van der Waals surface area contributed by atoms with Crippen LogP contribution in [-0.4, -0.2) is 31.2 Å². The Kier molecular flexibility index (Phi) is 3.37. The van der Waals surface area contributed by atoms with Gasteiger partial charge in [-0.05, 0) is 39.8 Å². The molecule has 2 N–H and O–H groups in total. The molecule has 3 aromatic heterocycles. The lowest BCUT2D eigenvalue weighted by Gasteiger charge is -2.23. The van der Waals surface area contributed by atoms with Crippen molar-refractivity contribution in [3.63, 3.8) is 0 Å². The number of aliphatic hydroxyl groups is 1. The van der Waals surface area contributed by atoms with Gasteiger partial charge in [0.05, 0.1) is 6.54 Å². The predicted octanol–water partition coefficient (Wildman–Crippen LogP) is 1.96. The Balaban J connectivity index is 1.90. The molecule has 116 valence electrons. The van der Waals surface area contributed by atoms with E-state index in [1.54, 1.807) is 17.5 Å². The molecule has 22 heavy (non-hydrogen) atoms. The first-order valence-electron chi connectivity index (χ1n) is 7.08. The number of anilines is 1. The van der Waals surface area contributed by atoms with Crippen molar-refractivity contribution < 1.29 is 9.52 Å². The minimum atomic E-state index is -1.13. The number of hydrogen-bond acceptors (Lipinski definition) is 6. The third-order valence-corrected chi connectivity index (χ3v) is 3.78. The lowest BCUT2D eigenvalue weighted by atomic mass is 10.0. The number of aromatic nitrogens is 4. The second-order valence-electron chi connectivity index (χ2n) is 5.68. The molecule has 3 heterocycles. The number of nitrogens with zero attached hydrogens (tertiary/aromatic N) is 4. The van der Waals surface area contributed by atoms with Gasteiger partial charge in [-0.3, -0.25) is 0 Å². The summed E-state index contributed by atoms with van der Waals surface area (Å²) in [5.74, 6) is 2.59. The molecule has 0 aliphatic rings. The van der Waals surface area contributed by atoms with Crippen LogP contribution < -0.4 is 5.32 Å². The molecule has 0 saturated carbocycles. The molecule has 1 unspecified atom stereocenters. The van der Waals surface area contributed by atoms with Crippen molar-refractivity contribution in [2.24, 2.45) is 0 Å². The summed E-state index contributed by atoms with van der Waals surface area (Å²) < 4.78 is 7.16. The van der Waals surface area contributed by atoms with Crippen molar-refractivity contribution in [1.29, 1.82) is 0 Å². The third kappa shape index (κ3) is 2.43. The fraction of sp³-hybridized carbons (Fsp3) is 0.400. The molecule has 0 fully saturated rings. The first-order chi connectivity index (χ1) is 10.4. The zero-order chi connectivity index (χ0) is 15.9. The summed E-state index contributed by atoms with van der Waals surface area (Å²) in [4.78, 5) is 8.48. The Bertz CT molecular complexity index is 819. The quantitative estimate of drug-likeness (QED) is 0.766. The lowest BCUT2D eigenvalue weighted by molar-refractivity contribution is 0.0467. The summed E-state index contributed by atoms with van der Waals surface area (Å²) in [7, 11) is 0. The van der Waals surface area contributed by atoms with Crippen molar-refractivity contribution in [2.75, 3.05) is 11.9 Å². The number of rotatable bonds is 4. The SMILES string of the molecule is Cc1ccc(C(C)(O)CNc2c(C)c(C)nc3ncnn23)o1. The molecular weight excluding hydrogens is 282 g/mol. The largest absolute Gasteiger partial charge is 0.463 e. The Morgan fingerprint density at radius 3 is 2.77 bits per heavy atom. The van der Waals surface area contributed by atoms with E-state index in [1.807, 2.05) is 26.8 Å². The van der Waals surface area contributed by atoms with Crippen LogP contribution in [-0.2, 0) is 5.60 Å². The minimum absolute atomic E-state index is 0.277. The van der Waals surface area contributed by atoms with Crippen LogP contribution in [0.25, 0.3) is 5.78 Å². The number of aryl methyl sites for hydroxylation is 2. The van der Waals surface area contributed by atoms with E-state index in [9.17, 15) is 5.11 Å². The van der Waals surface area contributed by atoms with E-state index in [4.69, 9.17) is 4.42 Å². The molecule has 0 bridgehead atoms. The van der Waals surface area contributed by atoms with E-state index >= 15 is 0 Å². The second-order valence-corrected chi connectivity index (χ2v) is 5.68. The van der Waals surface area contributed by atoms with E-state index in [2.05, 4.69) is 20.4 Å². The van der Waals surface area contributed by atoms with Crippen LogP contribution in [0.4, 0.5) is 5.82 Å². The average Bonchev–Trinajstić information content (AvgIpc) is 3.08.